The molecule has 0 saturated heterocycles. The van der Waals surface area contributed by atoms with Crippen LogP contribution in [0.4, 0.5) is 0 Å². The van der Waals surface area contributed by atoms with Crippen LogP contribution in [0, 0.1) is 10.8 Å². The number of nitrogens with two attached hydrogens (primary N) is 1. The molecule has 12 heavy (non-hydrogen) atoms. The standard InChI is InChI=1S/C11H23N/c1-9(2)7-6-8-11(5,12)10(9,3)4/h6-8,12H2,1-5H3. The highest BCUT2D eigenvalue weighted by atomic mass is 14.8. The van der Waals surface area contributed by atoms with Gasteiger partial charge in [-0.3, -0.25) is 0 Å². The first-order chi connectivity index (χ1) is 5.21. The predicted molar refractivity (Wildman–Crippen MR) is 54.0 cm³/mol. The van der Waals surface area contributed by atoms with E-state index in [0.717, 1.165) is 0 Å². The Kier molecular flexibility index (Phi) is 2.07. The molecule has 1 atom stereocenters. The first-order valence-corrected chi connectivity index (χ1v) is 5.00. The van der Waals surface area contributed by atoms with Gasteiger partial charge in [-0.15, -0.1) is 0 Å². The smallest absolute Gasteiger partial charge is 0.0182 e. The topological polar surface area (TPSA) is 26.0 Å². The lowest BCUT2D eigenvalue weighted by molar-refractivity contribution is -0.0206. The zero-order valence-corrected chi connectivity index (χ0v) is 9.20. The molecule has 0 aromatic carbocycles. The lowest BCUT2D eigenvalue weighted by Crippen LogP contribution is -2.59. The largest absolute Gasteiger partial charge is 0.325 e. The maximum Gasteiger partial charge on any atom is 0.0182 e. The summed E-state index contributed by atoms with van der Waals surface area (Å²) < 4.78 is 0. The summed E-state index contributed by atoms with van der Waals surface area (Å²) in [6.07, 6.45) is 3.76. The number of rotatable bonds is 0. The molecule has 0 amide bonds. The monoisotopic (exact) mass is 169 g/mol. The minimum absolute atomic E-state index is 0.00868. The van der Waals surface area contributed by atoms with Gasteiger partial charge in [0, 0.05) is 5.54 Å². The molecule has 0 heterocycles. The third-order valence-corrected chi connectivity index (χ3v) is 4.62. The van der Waals surface area contributed by atoms with Crippen LogP contribution < -0.4 is 5.73 Å². The lowest BCUT2D eigenvalue weighted by Gasteiger charge is -2.56. The Balaban J connectivity index is 2.99. The number of hydrogen-bond acceptors (Lipinski definition) is 1. The van der Waals surface area contributed by atoms with Crippen molar-refractivity contribution in [1.82, 2.24) is 0 Å². The van der Waals surface area contributed by atoms with Gasteiger partial charge in [-0.05, 0) is 30.6 Å². The Morgan fingerprint density at radius 3 is 1.75 bits per heavy atom. The molecule has 1 aliphatic carbocycles. The van der Waals surface area contributed by atoms with Crippen molar-refractivity contribution >= 4 is 0 Å². The molecule has 0 aromatic heterocycles. The van der Waals surface area contributed by atoms with E-state index in [1.54, 1.807) is 0 Å². The van der Waals surface area contributed by atoms with Crippen LogP contribution in [-0.2, 0) is 0 Å². The Morgan fingerprint density at radius 1 is 0.917 bits per heavy atom. The molecule has 1 aliphatic rings. The second kappa shape index (κ2) is 2.47. The van der Waals surface area contributed by atoms with E-state index >= 15 is 0 Å². The van der Waals surface area contributed by atoms with Crippen molar-refractivity contribution in [3.8, 4) is 0 Å². The van der Waals surface area contributed by atoms with E-state index in [0.29, 0.717) is 5.41 Å². The van der Waals surface area contributed by atoms with Crippen molar-refractivity contribution in [2.45, 2.75) is 59.4 Å². The molecular formula is C11H23N. The molecule has 1 heteroatoms. The van der Waals surface area contributed by atoms with Crippen LogP contribution in [0.2, 0.25) is 0 Å². The molecule has 1 saturated carbocycles. The van der Waals surface area contributed by atoms with Crippen LogP contribution in [-0.4, -0.2) is 5.54 Å². The molecule has 2 N–H and O–H groups in total. The fourth-order valence-corrected chi connectivity index (χ4v) is 2.30. The lowest BCUT2D eigenvalue weighted by atomic mass is 9.52. The van der Waals surface area contributed by atoms with Gasteiger partial charge < -0.3 is 5.73 Å². The van der Waals surface area contributed by atoms with Crippen molar-refractivity contribution in [1.29, 1.82) is 0 Å². The quantitative estimate of drug-likeness (QED) is 0.593. The summed E-state index contributed by atoms with van der Waals surface area (Å²) in [6.45, 7) is 11.5. The second-order valence-electron chi connectivity index (χ2n) is 5.78. The van der Waals surface area contributed by atoms with Crippen LogP contribution in [0.1, 0.15) is 53.9 Å². The highest BCUT2D eigenvalue weighted by molar-refractivity contribution is 5.05. The summed E-state index contributed by atoms with van der Waals surface area (Å²) in [5.74, 6) is 0. The first kappa shape index (κ1) is 10.0. The summed E-state index contributed by atoms with van der Waals surface area (Å²) in [5.41, 5.74) is 6.97. The van der Waals surface area contributed by atoms with E-state index in [1.165, 1.54) is 19.3 Å². The minimum atomic E-state index is 0.00868. The molecule has 0 radical (unpaired) electrons. The van der Waals surface area contributed by atoms with E-state index in [4.69, 9.17) is 5.73 Å². The fraction of sp³-hybridized carbons (Fsp3) is 1.00. The van der Waals surface area contributed by atoms with Crippen molar-refractivity contribution in [3.05, 3.63) is 0 Å². The first-order valence-electron chi connectivity index (χ1n) is 5.00. The molecule has 0 bridgehead atoms. The van der Waals surface area contributed by atoms with Crippen LogP contribution in [0.15, 0.2) is 0 Å². The van der Waals surface area contributed by atoms with Gasteiger partial charge in [0.1, 0.15) is 0 Å². The van der Waals surface area contributed by atoms with Crippen molar-refractivity contribution in [3.63, 3.8) is 0 Å². The van der Waals surface area contributed by atoms with Gasteiger partial charge in [-0.2, -0.15) is 0 Å². The van der Waals surface area contributed by atoms with Gasteiger partial charge >= 0.3 is 0 Å². The molecule has 72 valence electrons. The van der Waals surface area contributed by atoms with E-state index in [-0.39, 0.29) is 11.0 Å². The molecule has 1 fully saturated rings. The van der Waals surface area contributed by atoms with E-state index < -0.39 is 0 Å². The summed E-state index contributed by atoms with van der Waals surface area (Å²) in [4.78, 5) is 0. The normalized spacial score (nSPS) is 39.5. The molecule has 1 unspecified atom stereocenters. The third-order valence-electron chi connectivity index (χ3n) is 4.62. The van der Waals surface area contributed by atoms with Crippen LogP contribution in [0.25, 0.3) is 0 Å². The molecule has 0 spiro atoms. The molecule has 0 aliphatic heterocycles. The van der Waals surface area contributed by atoms with E-state index in [1.807, 2.05) is 0 Å². The zero-order valence-electron chi connectivity index (χ0n) is 9.20. The Hall–Kier alpha value is -0.0400. The highest BCUT2D eigenvalue weighted by Gasteiger charge is 2.50. The van der Waals surface area contributed by atoms with E-state index in [9.17, 15) is 0 Å². The van der Waals surface area contributed by atoms with Crippen LogP contribution >= 0.6 is 0 Å². The Morgan fingerprint density at radius 2 is 1.42 bits per heavy atom. The second-order valence-corrected chi connectivity index (χ2v) is 5.78. The predicted octanol–water partition coefficient (Wildman–Crippen LogP) is 2.94. The van der Waals surface area contributed by atoms with Crippen LogP contribution in [0.3, 0.4) is 0 Å². The average Bonchev–Trinajstić information content (AvgIpc) is 1.83. The molecular weight excluding hydrogens is 146 g/mol. The highest BCUT2D eigenvalue weighted by Crippen LogP contribution is 2.53. The number of hydrogen-bond donors (Lipinski definition) is 1. The van der Waals surface area contributed by atoms with Gasteiger partial charge in [-0.1, -0.05) is 34.1 Å². The fourth-order valence-electron chi connectivity index (χ4n) is 2.30. The zero-order chi connectivity index (χ0) is 9.62. The summed E-state index contributed by atoms with van der Waals surface area (Å²) >= 11 is 0. The molecule has 0 aromatic rings. The van der Waals surface area contributed by atoms with Crippen molar-refractivity contribution < 1.29 is 0 Å². The van der Waals surface area contributed by atoms with Gasteiger partial charge in [-0.25, -0.2) is 0 Å². The Labute approximate surface area is 76.7 Å². The van der Waals surface area contributed by atoms with Gasteiger partial charge in [0.15, 0.2) is 0 Å². The average molecular weight is 169 g/mol. The van der Waals surface area contributed by atoms with E-state index in [2.05, 4.69) is 34.6 Å². The molecule has 1 rings (SSSR count). The maximum absolute atomic E-state index is 6.33. The summed E-state index contributed by atoms with van der Waals surface area (Å²) in [5, 5.41) is 0. The van der Waals surface area contributed by atoms with Gasteiger partial charge in [0.25, 0.3) is 0 Å². The molecule has 1 nitrogen and oxygen atoms in total. The third kappa shape index (κ3) is 1.19. The minimum Gasteiger partial charge on any atom is -0.325 e. The SMILES string of the molecule is CC1(C)CCCC(C)(N)C1(C)C. The summed E-state index contributed by atoms with van der Waals surface area (Å²) in [6, 6.07) is 0. The van der Waals surface area contributed by atoms with Crippen LogP contribution in [0.5, 0.6) is 0 Å². The van der Waals surface area contributed by atoms with Gasteiger partial charge in [0.2, 0.25) is 0 Å². The van der Waals surface area contributed by atoms with Crippen molar-refractivity contribution in [2.75, 3.05) is 0 Å². The van der Waals surface area contributed by atoms with Gasteiger partial charge in [0.05, 0.1) is 0 Å². The maximum atomic E-state index is 6.33. The Bertz CT molecular complexity index is 159. The summed E-state index contributed by atoms with van der Waals surface area (Å²) in [7, 11) is 0. The van der Waals surface area contributed by atoms with Crippen molar-refractivity contribution in [2.24, 2.45) is 16.6 Å².